The molecule has 2 aliphatic rings. The van der Waals surface area contributed by atoms with E-state index in [4.69, 9.17) is 0 Å². The number of methoxy groups -OCH3 is 1. The number of halogens is 3. The van der Waals surface area contributed by atoms with Crippen LogP contribution in [0.4, 0.5) is 13.2 Å². The van der Waals surface area contributed by atoms with Crippen LogP contribution in [0.25, 0.3) is 0 Å². The zero-order valence-electron chi connectivity index (χ0n) is 11.7. The molecule has 0 aromatic carbocycles. The fourth-order valence-electron chi connectivity index (χ4n) is 3.33. The smallest absolute Gasteiger partial charge is 0.468 e. The van der Waals surface area contributed by atoms with E-state index in [1.165, 1.54) is 6.08 Å². The molecule has 0 amide bonds. The fraction of sp³-hybridized carbons (Fsp3) is 0.750. The molecule has 0 unspecified atom stereocenters. The molecule has 2 rings (SSSR count). The van der Waals surface area contributed by atoms with E-state index in [-0.39, 0.29) is 12.3 Å². The van der Waals surface area contributed by atoms with Gasteiger partial charge < -0.3 is 8.92 Å². The van der Waals surface area contributed by atoms with Crippen molar-refractivity contribution in [2.45, 2.75) is 32.2 Å². The third-order valence-corrected chi connectivity index (χ3v) is 5.61. The van der Waals surface area contributed by atoms with Gasteiger partial charge in [0.15, 0.2) is 0 Å². The molecule has 0 aromatic rings. The summed E-state index contributed by atoms with van der Waals surface area (Å²) in [5.41, 5.74) is -7.81. The number of hydrogen-bond donors (Lipinski definition) is 0. The maximum absolute atomic E-state index is 12.5. The summed E-state index contributed by atoms with van der Waals surface area (Å²) >= 11 is 0. The highest BCUT2D eigenvalue weighted by molar-refractivity contribution is 7.87. The van der Waals surface area contributed by atoms with Crippen molar-refractivity contribution >= 4 is 16.1 Å². The van der Waals surface area contributed by atoms with Gasteiger partial charge in [-0.2, -0.15) is 21.6 Å². The highest BCUT2D eigenvalue weighted by Gasteiger charge is 2.68. The first-order valence-electron chi connectivity index (χ1n) is 6.21. The van der Waals surface area contributed by atoms with Crippen LogP contribution in [0.3, 0.4) is 0 Å². The minimum atomic E-state index is -5.81. The van der Waals surface area contributed by atoms with Gasteiger partial charge in [-0.25, -0.2) is 0 Å². The molecule has 120 valence electrons. The highest BCUT2D eigenvalue weighted by Crippen LogP contribution is 2.66. The van der Waals surface area contributed by atoms with E-state index in [0.29, 0.717) is 6.42 Å². The zero-order valence-corrected chi connectivity index (χ0v) is 12.5. The van der Waals surface area contributed by atoms with Gasteiger partial charge in [0.2, 0.25) is 0 Å². The van der Waals surface area contributed by atoms with E-state index in [1.54, 1.807) is 13.8 Å². The number of allylic oxidation sites excluding steroid dienone is 1. The molecule has 0 radical (unpaired) electrons. The van der Waals surface area contributed by atoms with Gasteiger partial charge in [-0.1, -0.05) is 13.8 Å². The van der Waals surface area contributed by atoms with Crippen LogP contribution in [-0.2, 0) is 23.8 Å². The predicted molar refractivity (Wildman–Crippen MR) is 65.1 cm³/mol. The van der Waals surface area contributed by atoms with E-state index in [1.807, 2.05) is 0 Å². The zero-order chi connectivity index (χ0) is 16.3. The Kier molecular flexibility index (Phi) is 3.36. The van der Waals surface area contributed by atoms with Crippen LogP contribution >= 0.6 is 0 Å². The molecule has 21 heavy (non-hydrogen) atoms. The van der Waals surface area contributed by atoms with Gasteiger partial charge in [-0.3, -0.25) is 4.79 Å². The molecule has 0 aromatic heterocycles. The molecule has 2 aliphatic carbocycles. The monoisotopic (exact) mass is 328 g/mol. The third-order valence-electron chi connectivity index (χ3n) is 4.65. The minimum Gasteiger partial charge on any atom is -0.468 e. The Labute approximate surface area is 120 Å². The average Bonchev–Trinajstić information content (AvgIpc) is 2.71. The van der Waals surface area contributed by atoms with Gasteiger partial charge in [-0.15, -0.1) is 0 Å². The Morgan fingerprint density at radius 1 is 1.38 bits per heavy atom. The second-order valence-corrected chi connectivity index (χ2v) is 7.32. The quantitative estimate of drug-likeness (QED) is 0.452. The molecular weight excluding hydrogens is 313 g/mol. The lowest BCUT2D eigenvalue weighted by atomic mass is 9.68. The number of hydrogen-bond acceptors (Lipinski definition) is 5. The van der Waals surface area contributed by atoms with Crippen LogP contribution in [0.2, 0.25) is 0 Å². The van der Waals surface area contributed by atoms with Gasteiger partial charge in [0, 0.05) is 0 Å². The second-order valence-electron chi connectivity index (χ2n) is 5.78. The van der Waals surface area contributed by atoms with Crippen molar-refractivity contribution in [1.82, 2.24) is 0 Å². The number of carbonyl (C=O) groups excluding carboxylic acids is 1. The van der Waals surface area contributed by atoms with Gasteiger partial charge in [0.05, 0.1) is 7.11 Å². The maximum Gasteiger partial charge on any atom is 0.534 e. The fourth-order valence-corrected chi connectivity index (χ4v) is 3.86. The van der Waals surface area contributed by atoms with E-state index >= 15 is 0 Å². The molecule has 2 bridgehead atoms. The minimum absolute atomic E-state index is 0.191. The van der Waals surface area contributed by atoms with Crippen LogP contribution in [0, 0.1) is 16.7 Å². The van der Waals surface area contributed by atoms with Crippen molar-refractivity contribution in [1.29, 1.82) is 0 Å². The van der Waals surface area contributed by atoms with Crippen LogP contribution < -0.4 is 0 Å². The first kappa shape index (κ1) is 16.1. The van der Waals surface area contributed by atoms with Gasteiger partial charge in [0.1, 0.15) is 11.2 Å². The summed E-state index contributed by atoms with van der Waals surface area (Å²) in [5.74, 6) is -1.50. The molecule has 5 nitrogen and oxygen atoms in total. The van der Waals surface area contributed by atoms with Crippen LogP contribution in [-0.4, -0.2) is 27.0 Å². The lowest BCUT2D eigenvalue weighted by Crippen LogP contribution is -2.43. The third kappa shape index (κ3) is 1.96. The average molecular weight is 328 g/mol. The highest BCUT2D eigenvalue weighted by atomic mass is 32.2. The van der Waals surface area contributed by atoms with Gasteiger partial charge >= 0.3 is 21.6 Å². The van der Waals surface area contributed by atoms with Crippen molar-refractivity contribution in [2.24, 2.45) is 16.7 Å². The summed E-state index contributed by atoms with van der Waals surface area (Å²) in [6, 6.07) is 0. The molecule has 1 saturated carbocycles. The standard InChI is InChI=1S/C12H15F3O5S/c1-10(2)7-4-5-11(10,9(16)19-3)8(6-7)20-21(17,18)12(13,14)15/h6-7H,4-5H2,1-3H3/t7-,11+/m1/s1. The Hall–Kier alpha value is -1.25. The molecule has 9 heteroatoms. The van der Waals surface area contributed by atoms with E-state index in [2.05, 4.69) is 8.92 Å². The summed E-state index contributed by atoms with van der Waals surface area (Å²) in [7, 11) is -4.70. The lowest BCUT2D eigenvalue weighted by Gasteiger charge is -2.36. The lowest BCUT2D eigenvalue weighted by molar-refractivity contribution is -0.157. The first-order valence-corrected chi connectivity index (χ1v) is 7.62. The van der Waals surface area contributed by atoms with Crippen molar-refractivity contribution in [2.75, 3.05) is 7.11 Å². The number of rotatable bonds is 3. The van der Waals surface area contributed by atoms with Crippen molar-refractivity contribution in [3.05, 3.63) is 11.8 Å². The predicted octanol–water partition coefficient (Wildman–Crippen LogP) is 2.35. The van der Waals surface area contributed by atoms with Gasteiger partial charge in [-0.05, 0) is 30.3 Å². The summed E-state index contributed by atoms with van der Waals surface area (Å²) in [6.45, 7) is 3.38. The van der Waals surface area contributed by atoms with Crippen molar-refractivity contribution in [3.8, 4) is 0 Å². The first-order chi connectivity index (χ1) is 9.40. The van der Waals surface area contributed by atoms with Gasteiger partial charge in [0.25, 0.3) is 0 Å². The number of carbonyl (C=O) groups is 1. The van der Waals surface area contributed by atoms with Crippen LogP contribution in [0.1, 0.15) is 26.7 Å². The van der Waals surface area contributed by atoms with Crippen molar-refractivity contribution < 1.29 is 35.3 Å². The second kappa shape index (κ2) is 4.37. The number of alkyl halides is 3. The summed E-state index contributed by atoms with van der Waals surface area (Å²) in [4.78, 5) is 12.1. The normalized spacial score (nSPS) is 31.0. The number of esters is 1. The number of fused-ring (bicyclic) bond motifs is 2. The SMILES string of the molecule is COC(=O)[C@]12CC[C@H](C=C1OS(=O)(=O)C(F)(F)F)C2(C)C. The van der Waals surface area contributed by atoms with E-state index < -0.39 is 38.2 Å². The molecule has 0 heterocycles. The molecule has 0 aliphatic heterocycles. The molecule has 0 spiro atoms. The maximum atomic E-state index is 12.5. The van der Waals surface area contributed by atoms with E-state index in [0.717, 1.165) is 7.11 Å². The molecule has 0 N–H and O–H groups in total. The van der Waals surface area contributed by atoms with E-state index in [9.17, 15) is 26.4 Å². The Bertz CT molecular complexity index is 605. The topological polar surface area (TPSA) is 69.7 Å². The molecular formula is C12H15F3O5S. The summed E-state index contributed by atoms with van der Waals surface area (Å²) < 4.78 is 68.8. The van der Waals surface area contributed by atoms with Crippen LogP contribution in [0.5, 0.6) is 0 Å². The Balaban J connectivity index is 2.47. The molecule has 2 atom stereocenters. The molecule has 0 saturated heterocycles. The summed E-state index contributed by atoms with van der Waals surface area (Å²) in [5, 5.41) is 0. The van der Waals surface area contributed by atoms with Crippen LogP contribution in [0.15, 0.2) is 11.8 Å². The number of ether oxygens (including phenoxy) is 1. The Morgan fingerprint density at radius 2 is 1.95 bits per heavy atom. The molecule has 1 fully saturated rings. The Morgan fingerprint density at radius 3 is 2.38 bits per heavy atom. The van der Waals surface area contributed by atoms with Crippen molar-refractivity contribution in [3.63, 3.8) is 0 Å². The summed E-state index contributed by atoms with van der Waals surface area (Å²) in [6.07, 6.45) is 2.04. The largest absolute Gasteiger partial charge is 0.534 e.